The average molecular weight is 308 g/mol. The van der Waals surface area contributed by atoms with Crippen LogP contribution in [0.15, 0.2) is 16.6 Å². The number of rotatable bonds is 6. The molecule has 0 aliphatic carbocycles. The van der Waals surface area contributed by atoms with Gasteiger partial charge >= 0.3 is 0 Å². The third kappa shape index (κ3) is 5.10. The van der Waals surface area contributed by atoms with E-state index in [1.165, 1.54) is 0 Å². The van der Waals surface area contributed by atoms with Crippen LogP contribution in [-0.2, 0) is 11.3 Å². The van der Waals surface area contributed by atoms with Gasteiger partial charge in [-0.2, -0.15) is 0 Å². The summed E-state index contributed by atoms with van der Waals surface area (Å²) >= 11 is 3.18. The van der Waals surface area contributed by atoms with Crippen LogP contribution >= 0.6 is 15.9 Å². The smallest absolute Gasteiger partial charge is 0.159 e. The highest BCUT2D eigenvalue weighted by Crippen LogP contribution is 2.21. The van der Waals surface area contributed by atoms with Crippen molar-refractivity contribution in [2.45, 2.75) is 13.0 Å². The fourth-order valence-electron chi connectivity index (χ4n) is 1.34. The van der Waals surface area contributed by atoms with E-state index in [-0.39, 0.29) is 6.61 Å². The van der Waals surface area contributed by atoms with E-state index < -0.39 is 11.6 Å². The topological polar surface area (TPSA) is 12.5 Å². The minimum absolute atomic E-state index is 0.283. The van der Waals surface area contributed by atoms with Gasteiger partial charge in [-0.15, -0.1) is 0 Å². The quantitative estimate of drug-likeness (QED) is 0.591. The highest BCUT2D eigenvalue weighted by atomic mass is 79.9. The molecule has 1 aromatic carbocycles. The summed E-state index contributed by atoms with van der Waals surface area (Å²) < 4.78 is 31.8. The molecular formula is C12H16BrF2NO. The van der Waals surface area contributed by atoms with Gasteiger partial charge in [0.1, 0.15) is 0 Å². The summed E-state index contributed by atoms with van der Waals surface area (Å²) in [5, 5.41) is 0. The lowest BCUT2D eigenvalue weighted by atomic mass is 10.2. The van der Waals surface area contributed by atoms with Gasteiger partial charge < -0.3 is 9.64 Å². The average Bonchev–Trinajstić information content (AvgIpc) is 2.24. The van der Waals surface area contributed by atoms with E-state index in [1.807, 2.05) is 14.1 Å². The Hall–Kier alpha value is -0.520. The lowest BCUT2D eigenvalue weighted by molar-refractivity contribution is 0.112. The third-order valence-corrected chi connectivity index (χ3v) is 2.98. The maximum absolute atomic E-state index is 13.0. The maximum Gasteiger partial charge on any atom is 0.159 e. The number of ether oxygens (including phenoxy) is 1. The van der Waals surface area contributed by atoms with Gasteiger partial charge in [0.25, 0.3) is 0 Å². The summed E-state index contributed by atoms with van der Waals surface area (Å²) in [5.74, 6) is -1.70. The molecule has 5 heteroatoms. The van der Waals surface area contributed by atoms with E-state index in [0.717, 1.165) is 25.1 Å². The van der Waals surface area contributed by atoms with Gasteiger partial charge in [-0.05, 0) is 44.8 Å². The van der Waals surface area contributed by atoms with Crippen LogP contribution < -0.4 is 0 Å². The van der Waals surface area contributed by atoms with Crippen molar-refractivity contribution in [3.05, 3.63) is 33.8 Å². The molecule has 0 aliphatic rings. The molecule has 0 amide bonds. The fourth-order valence-corrected chi connectivity index (χ4v) is 1.77. The van der Waals surface area contributed by atoms with Crippen molar-refractivity contribution in [3.8, 4) is 0 Å². The van der Waals surface area contributed by atoms with Gasteiger partial charge in [-0.1, -0.05) is 15.9 Å². The zero-order chi connectivity index (χ0) is 12.8. The summed E-state index contributed by atoms with van der Waals surface area (Å²) in [6.07, 6.45) is 0.911. The molecular weight excluding hydrogens is 292 g/mol. The van der Waals surface area contributed by atoms with Gasteiger partial charge in [0.2, 0.25) is 0 Å². The van der Waals surface area contributed by atoms with Gasteiger partial charge in [0.15, 0.2) is 11.6 Å². The second kappa shape index (κ2) is 7.03. The van der Waals surface area contributed by atoms with Crippen LogP contribution in [0.4, 0.5) is 8.78 Å². The summed E-state index contributed by atoms with van der Waals surface area (Å²) in [5.41, 5.74) is 0.619. The second-order valence-corrected chi connectivity index (χ2v) is 4.92. The first-order valence-electron chi connectivity index (χ1n) is 5.36. The van der Waals surface area contributed by atoms with Gasteiger partial charge in [-0.25, -0.2) is 8.78 Å². The number of benzene rings is 1. The summed E-state index contributed by atoms with van der Waals surface area (Å²) in [6, 6.07) is 2.28. The molecule has 0 saturated heterocycles. The summed E-state index contributed by atoms with van der Waals surface area (Å²) in [7, 11) is 3.98. The van der Waals surface area contributed by atoms with Gasteiger partial charge in [-0.3, -0.25) is 0 Å². The zero-order valence-corrected chi connectivity index (χ0v) is 11.6. The highest BCUT2D eigenvalue weighted by molar-refractivity contribution is 9.10. The normalized spacial score (nSPS) is 11.2. The summed E-state index contributed by atoms with van der Waals surface area (Å²) in [6.45, 7) is 1.83. The monoisotopic (exact) mass is 307 g/mol. The SMILES string of the molecule is CN(C)CCCOCc1cc(F)c(F)cc1Br. The molecule has 0 spiro atoms. The highest BCUT2D eigenvalue weighted by Gasteiger charge is 2.07. The molecule has 2 nitrogen and oxygen atoms in total. The first-order valence-corrected chi connectivity index (χ1v) is 6.16. The molecule has 0 aliphatic heterocycles. The fraction of sp³-hybridized carbons (Fsp3) is 0.500. The third-order valence-electron chi connectivity index (χ3n) is 2.24. The minimum atomic E-state index is -0.853. The Morgan fingerprint density at radius 1 is 1.24 bits per heavy atom. The Morgan fingerprint density at radius 3 is 2.53 bits per heavy atom. The second-order valence-electron chi connectivity index (χ2n) is 4.07. The maximum atomic E-state index is 13.0. The Balaban J connectivity index is 2.39. The predicted molar refractivity (Wildman–Crippen MR) is 66.9 cm³/mol. The van der Waals surface area contributed by atoms with E-state index in [9.17, 15) is 8.78 Å². The van der Waals surface area contributed by atoms with Crippen molar-refractivity contribution < 1.29 is 13.5 Å². The molecule has 0 N–H and O–H groups in total. The van der Waals surface area contributed by atoms with E-state index >= 15 is 0 Å². The van der Waals surface area contributed by atoms with E-state index in [0.29, 0.717) is 16.6 Å². The van der Waals surface area contributed by atoms with Gasteiger partial charge in [0, 0.05) is 11.1 Å². The van der Waals surface area contributed by atoms with E-state index in [2.05, 4.69) is 20.8 Å². The molecule has 1 aromatic rings. The van der Waals surface area contributed by atoms with Crippen LogP contribution in [0.5, 0.6) is 0 Å². The Labute approximate surface area is 109 Å². The standard InChI is InChI=1S/C12H16BrF2NO/c1-16(2)4-3-5-17-8-9-6-11(14)12(15)7-10(9)13/h6-7H,3-5,8H2,1-2H3. The van der Waals surface area contributed by atoms with Crippen LogP contribution in [0.2, 0.25) is 0 Å². The van der Waals surface area contributed by atoms with Crippen LogP contribution in [-0.4, -0.2) is 32.1 Å². The lowest BCUT2D eigenvalue weighted by Gasteiger charge is -2.10. The molecule has 0 aromatic heterocycles. The van der Waals surface area contributed by atoms with Crippen molar-refractivity contribution in [3.63, 3.8) is 0 Å². The van der Waals surface area contributed by atoms with E-state index in [1.54, 1.807) is 0 Å². The Kier molecular flexibility index (Phi) is 6.02. The lowest BCUT2D eigenvalue weighted by Crippen LogP contribution is -2.14. The molecule has 0 fully saturated rings. The van der Waals surface area contributed by atoms with Crippen molar-refractivity contribution >= 4 is 15.9 Å². The van der Waals surface area contributed by atoms with Crippen LogP contribution in [0.25, 0.3) is 0 Å². The summed E-state index contributed by atoms with van der Waals surface area (Å²) in [4.78, 5) is 2.07. The molecule has 0 heterocycles. The molecule has 96 valence electrons. The molecule has 0 unspecified atom stereocenters. The van der Waals surface area contributed by atoms with Crippen LogP contribution in [0.3, 0.4) is 0 Å². The van der Waals surface area contributed by atoms with Gasteiger partial charge in [0.05, 0.1) is 6.61 Å². The van der Waals surface area contributed by atoms with Crippen molar-refractivity contribution in [1.82, 2.24) is 4.90 Å². The van der Waals surface area contributed by atoms with Crippen molar-refractivity contribution in [1.29, 1.82) is 0 Å². The molecule has 0 radical (unpaired) electrons. The number of hydrogen-bond donors (Lipinski definition) is 0. The predicted octanol–water partition coefficient (Wildman–Crippen LogP) is 3.20. The van der Waals surface area contributed by atoms with Crippen LogP contribution in [0.1, 0.15) is 12.0 Å². The van der Waals surface area contributed by atoms with Crippen molar-refractivity contribution in [2.24, 2.45) is 0 Å². The first-order chi connectivity index (χ1) is 8.00. The Morgan fingerprint density at radius 2 is 1.88 bits per heavy atom. The molecule has 1 rings (SSSR count). The largest absolute Gasteiger partial charge is 0.377 e. The minimum Gasteiger partial charge on any atom is -0.377 e. The number of halogens is 3. The van der Waals surface area contributed by atoms with E-state index in [4.69, 9.17) is 4.74 Å². The van der Waals surface area contributed by atoms with Crippen molar-refractivity contribution in [2.75, 3.05) is 27.2 Å². The molecule has 0 bridgehead atoms. The zero-order valence-electron chi connectivity index (χ0n) is 9.97. The Bertz CT molecular complexity index is 372. The first kappa shape index (κ1) is 14.5. The number of hydrogen-bond acceptors (Lipinski definition) is 2. The molecule has 0 atom stereocenters. The number of nitrogens with zero attached hydrogens (tertiary/aromatic N) is 1. The molecule has 17 heavy (non-hydrogen) atoms. The van der Waals surface area contributed by atoms with Crippen LogP contribution in [0, 0.1) is 11.6 Å². The molecule has 0 saturated carbocycles.